The number of carbonyl (C=O) groups excluding carboxylic acids is 1. The molecule has 0 saturated heterocycles. The molecule has 1 heterocycles. The van der Waals surface area contributed by atoms with E-state index in [2.05, 4.69) is 5.32 Å². The summed E-state index contributed by atoms with van der Waals surface area (Å²) in [5.41, 5.74) is 2.82. The number of nitrogens with zero attached hydrogens (tertiary/aromatic N) is 1. The second-order valence-electron chi connectivity index (χ2n) is 9.38. The summed E-state index contributed by atoms with van der Waals surface area (Å²) in [4.78, 5) is 13.4. The Morgan fingerprint density at radius 3 is 2.21 bits per heavy atom. The number of hydrogen-bond donors (Lipinski definition) is 1. The van der Waals surface area contributed by atoms with Crippen molar-refractivity contribution >= 4 is 21.6 Å². The van der Waals surface area contributed by atoms with E-state index in [-0.39, 0.29) is 23.4 Å². The van der Waals surface area contributed by atoms with Crippen molar-refractivity contribution in [1.82, 2.24) is 5.32 Å². The van der Waals surface area contributed by atoms with Gasteiger partial charge in [-0.15, -0.1) is 0 Å². The summed E-state index contributed by atoms with van der Waals surface area (Å²) >= 11 is 0. The minimum Gasteiger partial charge on any atom is -0.487 e. The van der Waals surface area contributed by atoms with Crippen LogP contribution in [0.3, 0.4) is 0 Å². The Kier molecular flexibility index (Phi) is 6.41. The molecule has 0 bridgehead atoms. The summed E-state index contributed by atoms with van der Waals surface area (Å²) in [6, 6.07) is 21.1. The van der Waals surface area contributed by atoms with Gasteiger partial charge >= 0.3 is 0 Å². The van der Waals surface area contributed by atoms with Gasteiger partial charge in [0.15, 0.2) is 0 Å². The first kappa shape index (κ1) is 23.8. The first-order valence-electron chi connectivity index (χ1n) is 11.3. The predicted octanol–water partition coefficient (Wildman–Crippen LogP) is 4.92. The average Bonchev–Trinajstić information content (AvgIpc) is 2.77. The molecule has 178 valence electrons. The molecule has 1 atom stereocenters. The highest BCUT2D eigenvalue weighted by Crippen LogP contribution is 2.39. The molecule has 1 aliphatic heterocycles. The van der Waals surface area contributed by atoms with Gasteiger partial charge in [-0.3, -0.25) is 9.10 Å². The van der Waals surface area contributed by atoms with E-state index in [9.17, 15) is 13.2 Å². The number of sulfonamides is 1. The number of fused-ring (bicyclic) bond motifs is 1. The van der Waals surface area contributed by atoms with Gasteiger partial charge < -0.3 is 10.1 Å². The monoisotopic (exact) mass is 478 g/mol. The van der Waals surface area contributed by atoms with Gasteiger partial charge in [0.1, 0.15) is 17.9 Å². The van der Waals surface area contributed by atoms with Crippen molar-refractivity contribution in [1.29, 1.82) is 0 Å². The highest BCUT2D eigenvalue weighted by atomic mass is 32.2. The van der Waals surface area contributed by atoms with Gasteiger partial charge in [0.25, 0.3) is 10.0 Å². The summed E-state index contributed by atoms with van der Waals surface area (Å²) < 4.78 is 34.4. The quantitative estimate of drug-likeness (QED) is 0.546. The number of ether oxygens (including phenoxy) is 1. The van der Waals surface area contributed by atoms with E-state index in [1.807, 2.05) is 64.1 Å². The predicted molar refractivity (Wildman–Crippen MR) is 134 cm³/mol. The molecule has 1 N–H and O–H groups in total. The van der Waals surface area contributed by atoms with Crippen LogP contribution in [0.5, 0.6) is 5.75 Å². The Morgan fingerprint density at radius 2 is 1.56 bits per heavy atom. The molecule has 7 heteroatoms. The van der Waals surface area contributed by atoms with E-state index in [4.69, 9.17) is 4.74 Å². The van der Waals surface area contributed by atoms with Crippen LogP contribution in [0.4, 0.5) is 5.69 Å². The lowest BCUT2D eigenvalue weighted by atomic mass is 9.89. The SMILES string of the molecule is Cc1ccc(N(CC(=O)NC2CC(C)(C)Oc3ccccc32)S(=O)(=O)c2ccc(C)cc2)cc1. The summed E-state index contributed by atoms with van der Waals surface area (Å²) in [7, 11) is -3.96. The maximum absolute atomic E-state index is 13.6. The minimum absolute atomic E-state index is 0.143. The summed E-state index contributed by atoms with van der Waals surface area (Å²) in [6.45, 7) is 7.44. The molecule has 3 aromatic carbocycles. The molecule has 0 aromatic heterocycles. The van der Waals surface area contributed by atoms with Gasteiger partial charge in [0.2, 0.25) is 5.91 Å². The largest absolute Gasteiger partial charge is 0.487 e. The number of carbonyl (C=O) groups is 1. The van der Waals surface area contributed by atoms with Crippen molar-refractivity contribution in [2.24, 2.45) is 0 Å². The fraction of sp³-hybridized carbons (Fsp3) is 0.296. The summed E-state index contributed by atoms with van der Waals surface area (Å²) in [6.07, 6.45) is 0.574. The first-order valence-corrected chi connectivity index (χ1v) is 12.7. The zero-order valence-corrected chi connectivity index (χ0v) is 20.7. The zero-order chi connectivity index (χ0) is 24.5. The first-order chi connectivity index (χ1) is 16.0. The van der Waals surface area contributed by atoms with Crippen molar-refractivity contribution in [3.05, 3.63) is 89.5 Å². The fourth-order valence-electron chi connectivity index (χ4n) is 4.16. The molecule has 1 aliphatic rings. The molecule has 0 saturated carbocycles. The highest BCUT2D eigenvalue weighted by Gasteiger charge is 2.35. The molecule has 6 nitrogen and oxygen atoms in total. The van der Waals surface area contributed by atoms with Gasteiger partial charge in [0.05, 0.1) is 16.6 Å². The Morgan fingerprint density at radius 1 is 0.971 bits per heavy atom. The average molecular weight is 479 g/mol. The molecule has 34 heavy (non-hydrogen) atoms. The number of anilines is 1. The third kappa shape index (κ3) is 5.09. The molecule has 0 radical (unpaired) electrons. The van der Waals surface area contributed by atoms with Crippen LogP contribution in [0.1, 0.15) is 43.0 Å². The summed E-state index contributed by atoms with van der Waals surface area (Å²) in [5, 5.41) is 3.05. The Labute approximate surface area is 201 Å². The fourth-order valence-corrected chi connectivity index (χ4v) is 5.59. The number of nitrogens with one attached hydrogen (secondary N) is 1. The molecule has 0 aliphatic carbocycles. The topological polar surface area (TPSA) is 75.7 Å². The number of para-hydroxylation sites is 1. The van der Waals surface area contributed by atoms with Gasteiger partial charge in [-0.25, -0.2) is 8.42 Å². The molecule has 4 rings (SSSR count). The van der Waals surface area contributed by atoms with Crippen molar-refractivity contribution in [2.45, 2.75) is 50.7 Å². The van der Waals surface area contributed by atoms with Gasteiger partial charge in [-0.05, 0) is 58.0 Å². The van der Waals surface area contributed by atoms with E-state index >= 15 is 0 Å². The number of amides is 1. The molecule has 1 unspecified atom stereocenters. The van der Waals surface area contributed by atoms with E-state index in [1.165, 1.54) is 4.31 Å². The molecule has 1 amide bonds. The van der Waals surface area contributed by atoms with Crippen molar-refractivity contribution in [3.8, 4) is 5.75 Å². The molecule has 3 aromatic rings. The number of aryl methyl sites for hydroxylation is 2. The van der Waals surface area contributed by atoms with E-state index in [0.29, 0.717) is 12.1 Å². The van der Waals surface area contributed by atoms with Crippen LogP contribution in [0.2, 0.25) is 0 Å². The van der Waals surface area contributed by atoms with E-state index in [1.54, 1.807) is 36.4 Å². The third-order valence-corrected chi connectivity index (χ3v) is 7.72. The molecule has 0 fully saturated rings. The standard InChI is InChI=1S/C27H30N2O4S/c1-19-9-13-21(14-10-19)29(34(31,32)22-15-11-20(2)12-16-22)18-26(30)28-24-17-27(3,4)33-25-8-6-5-7-23(24)25/h5-16,24H,17-18H2,1-4H3,(H,28,30). The number of rotatable bonds is 6. The Bertz CT molecular complexity index is 1280. The van der Waals surface area contributed by atoms with E-state index in [0.717, 1.165) is 22.4 Å². The van der Waals surface area contributed by atoms with Gasteiger partial charge in [-0.2, -0.15) is 0 Å². The minimum atomic E-state index is -3.96. The van der Waals surface area contributed by atoms with Gasteiger partial charge in [0, 0.05) is 12.0 Å². The molecular formula is C27H30N2O4S. The lowest BCUT2D eigenvalue weighted by Crippen LogP contribution is -2.45. The normalized spacial score (nSPS) is 16.8. The lowest BCUT2D eigenvalue weighted by Gasteiger charge is -2.38. The lowest BCUT2D eigenvalue weighted by molar-refractivity contribution is -0.120. The Balaban J connectivity index is 1.64. The zero-order valence-electron chi connectivity index (χ0n) is 19.9. The van der Waals surface area contributed by atoms with Crippen LogP contribution in [0.25, 0.3) is 0 Å². The van der Waals surface area contributed by atoms with Crippen LogP contribution < -0.4 is 14.4 Å². The van der Waals surface area contributed by atoms with Crippen LogP contribution in [0.15, 0.2) is 77.7 Å². The van der Waals surface area contributed by atoms with Crippen LogP contribution >= 0.6 is 0 Å². The second-order valence-corrected chi connectivity index (χ2v) is 11.2. The van der Waals surface area contributed by atoms with Crippen molar-refractivity contribution in [2.75, 3.05) is 10.8 Å². The number of hydrogen-bond acceptors (Lipinski definition) is 4. The molecular weight excluding hydrogens is 448 g/mol. The van der Waals surface area contributed by atoms with Gasteiger partial charge in [-0.1, -0.05) is 53.6 Å². The number of benzene rings is 3. The second kappa shape index (κ2) is 9.14. The Hall–Kier alpha value is -3.32. The van der Waals surface area contributed by atoms with Crippen molar-refractivity contribution in [3.63, 3.8) is 0 Å². The smallest absolute Gasteiger partial charge is 0.264 e. The maximum Gasteiger partial charge on any atom is 0.264 e. The van der Waals surface area contributed by atoms with Crippen molar-refractivity contribution < 1.29 is 17.9 Å². The third-order valence-electron chi connectivity index (χ3n) is 5.93. The highest BCUT2D eigenvalue weighted by molar-refractivity contribution is 7.92. The van der Waals surface area contributed by atoms with E-state index < -0.39 is 15.6 Å². The van der Waals surface area contributed by atoms with Crippen LogP contribution in [0, 0.1) is 13.8 Å². The van der Waals surface area contributed by atoms with Crippen LogP contribution in [-0.4, -0.2) is 26.5 Å². The molecule has 0 spiro atoms. The summed E-state index contributed by atoms with van der Waals surface area (Å²) in [5.74, 6) is 0.348. The maximum atomic E-state index is 13.6. The van der Waals surface area contributed by atoms with Crippen LogP contribution in [-0.2, 0) is 14.8 Å².